The topological polar surface area (TPSA) is 65.8 Å². The molecule has 0 radical (unpaired) electrons. The molecule has 0 amide bonds. The van der Waals surface area contributed by atoms with Gasteiger partial charge in [0.1, 0.15) is 0 Å². The van der Waals surface area contributed by atoms with Gasteiger partial charge in [0.2, 0.25) is 0 Å². The van der Waals surface area contributed by atoms with E-state index in [1.807, 2.05) is 36.4 Å². The normalized spacial score (nSPS) is 9.19. The highest BCUT2D eigenvalue weighted by Gasteiger charge is 1.98. The average Bonchev–Trinajstić information content (AvgIpc) is 2.52. The van der Waals surface area contributed by atoms with Gasteiger partial charge in [-0.05, 0) is 36.2 Å². The first-order chi connectivity index (χ1) is 10.2. The number of carbonyl (C=O) groups is 1. The van der Waals surface area contributed by atoms with Crippen LogP contribution in [-0.2, 0) is 6.54 Å². The number of hydrogen-bond donors (Lipinski definition) is 0. The number of rotatable bonds is 3. The van der Waals surface area contributed by atoms with Crippen molar-refractivity contribution in [1.82, 2.24) is 0 Å². The first-order valence-corrected chi connectivity index (χ1v) is 6.42. The molecule has 0 spiro atoms. The SMILES string of the molecule is CC(=O)c1ccc(C#Cc2ccccc2CN=[N+]=[N-])cc1. The Hall–Kier alpha value is -3.02. The predicted molar refractivity (Wildman–Crippen MR) is 81.7 cm³/mol. The van der Waals surface area contributed by atoms with Crippen LogP contribution in [0.1, 0.15) is 34.0 Å². The van der Waals surface area contributed by atoms with Crippen LogP contribution in [0.15, 0.2) is 53.6 Å². The largest absolute Gasteiger partial charge is 0.295 e. The molecule has 0 saturated carbocycles. The second kappa shape index (κ2) is 6.95. The van der Waals surface area contributed by atoms with E-state index in [4.69, 9.17) is 5.53 Å². The molecule has 21 heavy (non-hydrogen) atoms. The zero-order chi connectivity index (χ0) is 15.1. The van der Waals surface area contributed by atoms with E-state index < -0.39 is 0 Å². The fourth-order valence-electron chi connectivity index (χ4n) is 1.82. The number of benzene rings is 2. The molecule has 4 heteroatoms. The van der Waals surface area contributed by atoms with Crippen molar-refractivity contribution in [3.63, 3.8) is 0 Å². The van der Waals surface area contributed by atoms with Crippen molar-refractivity contribution in [2.45, 2.75) is 13.5 Å². The van der Waals surface area contributed by atoms with Crippen LogP contribution >= 0.6 is 0 Å². The Bertz CT molecular complexity index is 761. The summed E-state index contributed by atoms with van der Waals surface area (Å²) in [7, 11) is 0. The van der Waals surface area contributed by atoms with E-state index in [0.717, 1.165) is 16.7 Å². The quantitative estimate of drug-likeness (QED) is 0.273. The van der Waals surface area contributed by atoms with E-state index in [1.54, 1.807) is 12.1 Å². The number of Topliss-reactive ketones (excluding diaryl/α,β-unsaturated/α-hetero) is 1. The van der Waals surface area contributed by atoms with Gasteiger partial charge in [-0.1, -0.05) is 47.3 Å². The molecule has 0 aromatic heterocycles. The number of hydrogen-bond acceptors (Lipinski definition) is 2. The molecule has 0 aliphatic rings. The monoisotopic (exact) mass is 275 g/mol. The first kappa shape index (κ1) is 14.4. The minimum Gasteiger partial charge on any atom is -0.295 e. The Morgan fingerprint density at radius 2 is 1.86 bits per heavy atom. The fourth-order valence-corrected chi connectivity index (χ4v) is 1.82. The smallest absolute Gasteiger partial charge is 0.159 e. The standard InChI is InChI=1S/C17H13N3O/c1-13(21)15-9-6-14(7-10-15)8-11-16-4-2-3-5-17(16)12-19-20-18/h2-7,9-10H,12H2,1H3. The van der Waals surface area contributed by atoms with Crippen LogP contribution in [0, 0.1) is 11.8 Å². The highest BCUT2D eigenvalue weighted by molar-refractivity contribution is 5.94. The van der Waals surface area contributed by atoms with E-state index in [2.05, 4.69) is 21.9 Å². The van der Waals surface area contributed by atoms with Gasteiger partial charge >= 0.3 is 0 Å². The molecule has 2 aromatic carbocycles. The number of ketones is 1. The van der Waals surface area contributed by atoms with Gasteiger partial charge < -0.3 is 0 Å². The molecular formula is C17H13N3O. The van der Waals surface area contributed by atoms with Gasteiger partial charge in [-0.2, -0.15) is 0 Å². The number of azide groups is 1. The van der Waals surface area contributed by atoms with Crippen molar-refractivity contribution < 1.29 is 4.79 Å². The Morgan fingerprint density at radius 3 is 2.52 bits per heavy atom. The van der Waals surface area contributed by atoms with Crippen LogP contribution in [0.25, 0.3) is 10.4 Å². The predicted octanol–water partition coefficient (Wildman–Crippen LogP) is 4.10. The summed E-state index contributed by atoms with van der Waals surface area (Å²) >= 11 is 0. The lowest BCUT2D eigenvalue weighted by molar-refractivity contribution is 0.101. The van der Waals surface area contributed by atoms with E-state index in [1.165, 1.54) is 6.92 Å². The number of carbonyl (C=O) groups excluding carboxylic acids is 1. The highest BCUT2D eigenvalue weighted by atomic mass is 16.1. The lowest BCUT2D eigenvalue weighted by Gasteiger charge is -1.99. The van der Waals surface area contributed by atoms with Crippen molar-refractivity contribution in [3.05, 3.63) is 81.2 Å². The van der Waals surface area contributed by atoms with E-state index in [0.29, 0.717) is 5.56 Å². The summed E-state index contributed by atoms with van der Waals surface area (Å²) in [6, 6.07) is 14.7. The molecule has 0 heterocycles. The summed E-state index contributed by atoms with van der Waals surface area (Å²) in [4.78, 5) is 14.0. The average molecular weight is 275 g/mol. The highest BCUT2D eigenvalue weighted by Crippen LogP contribution is 2.10. The van der Waals surface area contributed by atoms with Gasteiger partial charge in [0.15, 0.2) is 5.78 Å². The van der Waals surface area contributed by atoms with Crippen LogP contribution in [0.4, 0.5) is 0 Å². The molecule has 0 saturated heterocycles. The Morgan fingerprint density at radius 1 is 1.14 bits per heavy atom. The maximum atomic E-state index is 11.2. The molecule has 0 fully saturated rings. The van der Waals surface area contributed by atoms with E-state index in [-0.39, 0.29) is 12.3 Å². The molecule has 2 aromatic rings. The zero-order valence-corrected chi connectivity index (χ0v) is 11.6. The third kappa shape index (κ3) is 3.97. The van der Waals surface area contributed by atoms with Crippen molar-refractivity contribution in [1.29, 1.82) is 0 Å². The molecule has 0 atom stereocenters. The van der Waals surface area contributed by atoms with Crippen molar-refractivity contribution >= 4 is 5.78 Å². The molecule has 2 rings (SSSR count). The maximum Gasteiger partial charge on any atom is 0.159 e. The van der Waals surface area contributed by atoms with Crippen molar-refractivity contribution in [3.8, 4) is 11.8 Å². The summed E-state index contributed by atoms with van der Waals surface area (Å²) in [6.45, 7) is 1.82. The Balaban J connectivity index is 2.26. The number of nitrogens with zero attached hydrogens (tertiary/aromatic N) is 3. The minimum absolute atomic E-state index is 0.0363. The first-order valence-electron chi connectivity index (χ1n) is 6.42. The molecular weight excluding hydrogens is 262 g/mol. The summed E-state index contributed by atoms with van der Waals surface area (Å²) in [5, 5.41) is 3.56. The van der Waals surface area contributed by atoms with Gasteiger partial charge in [-0.3, -0.25) is 4.79 Å². The summed E-state index contributed by atoms with van der Waals surface area (Å²) in [5.74, 6) is 6.15. The van der Waals surface area contributed by atoms with Gasteiger partial charge in [-0.25, -0.2) is 0 Å². The maximum absolute atomic E-state index is 11.2. The van der Waals surface area contributed by atoms with Gasteiger partial charge in [0.25, 0.3) is 0 Å². The van der Waals surface area contributed by atoms with Crippen molar-refractivity contribution in [2.75, 3.05) is 0 Å². The van der Waals surface area contributed by atoms with E-state index >= 15 is 0 Å². The van der Waals surface area contributed by atoms with Crippen LogP contribution in [-0.4, -0.2) is 5.78 Å². The fraction of sp³-hybridized carbons (Fsp3) is 0.118. The van der Waals surface area contributed by atoms with Crippen LogP contribution in [0.5, 0.6) is 0 Å². The second-order valence-corrected chi connectivity index (χ2v) is 4.43. The van der Waals surface area contributed by atoms with Crippen LogP contribution < -0.4 is 0 Å². The van der Waals surface area contributed by atoms with Crippen molar-refractivity contribution in [2.24, 2.45) is 5.11 Å². The van der Waals surface area contributed by atoms with Gasteiger partial charge in [-0.15, -0.1) is 0 Å². The molecule has 0 aliphatic heterocycles. The van der Waals surface area contributed by atoms with Crippen LogP contribution in [0.2, 0.25) is 0 Å². The van der Waals surface area contributed by atoms with Crippen LogP contribution in [0.3, 0.4) is 0 Å². The second-order valence-electron chi connectivity index (χ2n) is 4.43. The molecule has 0 aliphatic carbocycles. The molecule has 0 unspecified atom stereocenters. The Kier molecular flexibility index (Phi) is 4.76. The summed E-state index contributed by atoms with van der Waals surface area (Å²) < 4.78 is 0. The lowest BCUT2D eigenvalue weighted by atomic mass is 10.1. The van der Waals surface area contributed by atoms with E-state index in [9.17, 15) is 4.79 Å². The molecule has 102 valence electrons. The molecule has 0 N–H and O–H groups in total. The lowest BCUT2D eigenvalue weighted by Crippen LogP contribution is -1.91. The third-order valence-corrected chi connectivity index (χ3v) is 2.95. The third-order valence-electron chi connectivity index (χ3n) is 2.95. The minimum atomic E-state index is 0.0363. The summed E-state index contributed by atoms with van der Waals surface area (Å²) in [5.41, 5.74) is 11.6. The molecule has 4 nitrogen and oxygen atoms in total. The molecule has 0 bridgehead atoms. The Labute approximate surface area is 123 Å². The van der Waals surface area contributed by atoms with Gasteiger partial charge in [0, 0.05) is 21.6 Å². The van der Waals surface area contributed by atoms with Gasteiger partial charge in [0.05, 0.1) is 6.54 Å². The zero-order valence-electron chi connectivity index (χ0n) is 11.6. The summed E-state index contributed by atoms with van der Waals surface area (Å²) in [6.07, 6.45) is 0.